The van der Waals surface area contributed by atoms with Crippen LogP contribution in [0.15, 0.2) is 42.0 Å². The number of nitro benzene ring substituents is 1. The Balaban J connectivity index is 2.45. The molecule has 2 aromatic carbocycles. The second kappa shape index (κ2) is 9.75. The van der Waals surface area contributed by atoms with Gasteiger partial charge >= 0.3 is 0 Å². The monoisotopic (exact) mass is 397 g/mol. The summed E-state index contributed by atoms with van der Waals surface area (Å²) in [5.41, 5.74) is -0.260. The first-order valence-corrected chi connectivity index (χ1v) is 8.50. The number of nitrogens with zero attached hydrogens (tertiary/aromatic N) is 2. The molecule has 9 nitrogen and oxygen atoms in total. The van der Waals surface area contributed by atoms with Crippen LogP contribution < -0.4 is 19.5 Å². The third kappa shape index (κ3) is 5.01. The van der Waals surface area contributed by atoms with Crippen molar-refractivity contribution >= 4 is 23.4 Å². The lowest BCUT2D eigenvalue weighted by atomic mass is 10.1. The van der Waals surface area contributed by atoms with Gasteiger partial charge in [0, 0.05) is 0 Å². The standard InChI is InChI=1S/C20H19N3O6/c1-4-29-17-8-6-5-7-15(17)22-20(24)14(12-21)9-13-10-18(27-2)19(28-3)11-16(13)23(25)26/h5-11H,4H2,1-3H3,(H,22,24)/b14-9+. The summed E-state index contributed by atoms with van der Waals surface area (Å²) < 4.78 is 15.7. The predicted molar refractivity (Wildman–Crippen MR) is 106 cm³/mol. The second-order valence-electron chi connectivity index (χ2n) is 5.58. The fourth-order valence-electron chi connectivity index (χ4n) is 2.50. The van der Waals surface area contributed by atoms with E-state index in [2.05, 4.69) is 5.32 Å². The molecule has 9 heteroatoms. The van der Waals surface area contributed by atoms with E-state index in [1.54, 1.807) is 37.3 Å². The predicted octanol–water partition coefficient (Wildman–Crippen LogP) is 3.56. The highest BCUT2D eigenvalue weighted by molar-refractivity contribution is 6.10. The van der Waals surface area contributed by atoms with Crippen molar-refractivity contribution in [3.05, 3.63) is 57.6 Å². The summed E-state index contributed by atoms with van der Waals surface area (Å²) in [5, 5.41) is 23.4. The molecule has 2 rings (SSSR count). The minimum absolute atomic E-state index is 0.0254. The van der Waals surface area contributed by atoms with Crippen LogP contribution in [-0.2, 0) is 4.79 Å². The maximum absolute atomic E-state index is 12.6. The molecule has 2 aromatic rings. The molecule has 0 aromatic heterocycles. The zero-order valence-electron chi connectivity index (χ0n) is 16.1. The van der Waals surface area contributed by atoms with Gasteiger partial charge in [-0.15, -0.1) is 0 Å². The first kappa shape index (κ1) is 21.2. The largest absolute Gasteiger partial charge is 0.493 e. The van der Waals surface area contributed by atoms with Crippen LogP contribution in [0.5, 0.6) is 17.2 Å². The minimum Gasteiger partial charge on any atom is -0.493 e. The van der Waals surface area contributed by atoms with Gasteiger partial charge in [-0.1, -0.05) is 12.1 Å². The van der Waals surface area contributed by atoms with Gasteiger partial charge in [0.25, 0.3) is 11.6 Å². The summed E-state index contributed by atoms with van der Waals surface area (Å²) in [7, 11) is 2.72. The van der Waals surface area contributed by atoms with Gasteiger partial charge in [0.05, 0.1) is 43.1 Å². The number of amides is 1. The Morgan fingerprint density at radius 1 is 1.21 bits per heavy atom. The molecule has 29 heavy (non-hydrogen) atoms. The number of hydrogen-bond acceptors (Lipinski definition) is 7. The molecule has 0 atom stereocenters. The average Bonchev–Trinajstić information content (AvgIpc) is 2.72. The summed E-state index contributed by atoms with van der Waals surface area (Å²) in [4.78, 5) is 23.4. The Labute approximate surface area is 167 Å². The fourth-order valence-corrected chi connectivity index (χ4v) is 2.50. The molecule has 0 bridgehead atoms. The fraction of sp³-hybridized carbons (Fsp3) is 0.200. The Kier molecular flexibility index (Phi) is 7.14. The molecule has 0 aliphatic heterocycles. The van der Waals surface area contributed by atoms with E-state index < -0.39 is 10.8 Å². The molecule has 1 N–H and O–H groups in total. The zero-order valence-corrected chi connectivity index (χ0v) is 16.1. The van der Waals surface area contributed by atoms with E-state index in [9.17, 15) is 20.2 Å². The van der Waals surface area contributed by atoms with Crippen molar-refractivity contribution in [2.75, 3.05) is 26.1 Å². The van der Waals surface area contributed by atoms with Gasteiger partial charge in [0.2, 0.25) is 0 Å². The number of nitro groups is 1. The van der Waals surface area contributed by atoms with Crippen LogP contribution in [0.4, 0.5) is 11.4 Å². The van der Waals surface area contributed by atoms with Crippen molar-refractivity contribution in [3.8, 4) is 23.3 Å². The third-order valence-corrected chi connectivity index (χ3v) is 3.83. The van der Waals surface area contributed by atoms with Crippen LogP contribution in [0.25, 0.3) is 6.08 Å². The van der Waals surface area contributed by atoms with Gasteiger partial charge in [-0.2, -0.15) is 5.26 Å². The number of hydrogen-bond donors (Lipinski definition) is 1. The number of carbonyl (C=O) groups excluding carboxylic acids is 1. The van der Waals surface area contributed by atoms with Crippen LogP contribution >= 0.6 is 0 Å². The highest BCUT2D eigenvalue weighted by Crippen LogP contribution is 2.35. The van der Waals surface area contributed by atoms with Crippen molar-refractivity contribution < 1.29 is 23.9 Å². The van der Waals surface area contributed by atoms with Crippen LogP contribution in [0, 0.1) is 21.4 Å². The number of para-hydroxylation sites is 2. The Morgan fingerprint density at radius 2 is 1.86 bits per heavy atom. The second-order valence-corrected chi connectivity index (χ2v) is 5.58. The number of nitriles is 1. The van der Waals surface area contributed by atoms with E-state index in [4.69, 9.17) is 14.2 Å². The highest BCUT2D eigenvalue weighted by Gasteiger charge is 2.20. The van der Waals surface area contributed by atoms with Crippen LogP contribution in [0.2, 0.25) is 0 Å². The number of nitrogens with one attached hydrogen (secondary N) is 1. The molecule has 0 saturated carbocycles. The Hall–Kier alpha value is -4.06. The zero-order chi connectivity index (χ0) is 21.4. The average molecular weight is 397 g/mol. The summed E-state index contributed by atoms with van der Waals surface area (Å²) in [6, 6.07) is 11.0. The van der Waals surface area contributed by atoms with Crippen LogP contribution in [0.1, 0.15) is 12.5 Å². The molecule has 0 aliphatic rings. The van der Waals surface area contributed by atoms with E-state index in [0.717, 1.165) is 6.08 Å². The minimum atomic E-state index is -0.733. The van der Waals surface area contributed by atoms with E-state index >= 15 is 0 Å². The molecule has 0 spiro atoms. The Morgan fingerprint density at radius 3 is 2.45 bits per heavy atom. The Bertz CT molecular complexity index is 994. The molecule has 0 saturated heterocycles. The summed E-state index contributed by atoms with van der Waals surface area (Å²) in [6.45, 7) is 2.20. The topological polar surface area (TPSA) is 124 Å². The molecule has 0 radical (unpaired) electrons. The third-order valence-electron chi connectivity index (χ3n) is 3.83. The van der Waals surface area contributed by atoms with Crippen molar-refractivity contribution in [1.29, 1.82) is 5.26 Å². The van der Waals surface area contributed by atoms with Gasteiger partial charge in [0.15, 0.2) is 11.5 Å². The summed E-state index contributed by atoms with van der Waals surface area (Å²) in [6.07, 6.45) is 1.12. The molecule has 150 valence electrons. The quantitative estimate of drug-likeness (QED) is 0.312. The molecular formula is C20H19N3O6. The molecule has 0 aliphatic carbocycles. The van der Waals surface area contributed by atoms with Gasteiger partial charge in [-0.05, 0) is 31.2 Å². The summed E-state index contributed by atoms with van der Waals surface area (Å²) in [5.74, 6) is 0.0927. The number of methoxy groups -OCH3 is 2. The molecule has 0 fully saturated rings. The normalized spacial score (nSPS) is 10.6. The molecular weight excluding hydrogens is 378 g/mol. The summed E-state index contributed by atoms with van der Waals surface area (Å²) >= 11 is 0. The van der Waals surface area contributed by atoms with E-state index in [1.165, 1.54) is 26.4 Å². The van der Waals surface area contributed by atoms with Crippen molar-refractivity contribution in [2.45, 2.75) is 6.92 Å². The lowest BCUT2D eigenvalue weighted by Crippen LogP contribution is -2.14. The van der Waals surface area contributed by atoms with Gasteiger partial charge in [-0.3, -0.25) is 14.9 Å². The molecule has 1 amide bonds. The first-order chi connectivity index (χ1) is 13.9. The van der Waals surface area contributed by atoms with Crippen LogP contribution in [-0.4, -0.2) is 31.7 Å². The smallest absolute Gasteiger partial charge is 0.280 e. The van der Waals surface area contributed by atoms with Gasteiger partial charge in [0.1, 0.15) is 17.4 Å². The van der Waals surface area contributed by atoms with E-state index in [-0.39, 0.29) is 28.3 Å². The molecule has 0 heterocycles. The first-order valence-electron chi connectivity index (χ1n) is 8.50. The van der Waals surface area contributed by atoms with Crippen molar-refractivity contribution in [1.82, 2.24) is 0 Å². The van der Waals surface area contributed by atoms with Crippen molar-refractivity contribution in [2.24, 2.45) is 0 Å². The number of benzene rings is 2. The van der Waals surface area contributed by atoms with E-state index in [1.807, 2.05) is 0 Å². The van der Waals surface area contributed by atoms with Gasteiger partial charge < -0.3 is 19.5 Å². The lowest BCUT2D eigenvalue weighted by Gasteiger charge is -2.11. The number of carbonyl (C=O) groups is 1. The van der Waals surface area contributed by atoms with Crippen molar-refractivity contribution in [3.63, 3.8) is 0 Å². The van der Waals surface area contributed by atoms with Crippen LogP contribution in [0.3, 0.4) is 0 Å². The lowest BCUT2D eigenvalue weighted by molar-refractivity contribution is -0.385. The molecule has 0 unspecified atom stereocenters. The van der Waals surface area contributed by atoms with Gasteiger partial charge in [-0.25, -0.2) is 0 Å². The SMILES string of the molecule is CCOc1ccccc1NC(=O)/C(C#N)=C/c1cc(OC)c(OC)cc1[N+](=O)[O-]. The van der Waals surface area contributed by atoms with E-state index in [0.29, 0.717) is 18.0 Å². The number of ether oxygens (including phenoxy) is 3. The highest BCUT2D eigenvalue weighted by atomic mass is 16.6. The maximum Gasteiger partial charge on any atom is 0.280 e. The number of anilines is 1. The maximum atomic E-state index is 12.6. The number of rotatable bonds is 8.